The maximum atomic E-state index is 13.9. The van der Waals surface area contributed by atoms with Crippen LogP contribution < -0.4 is 11.5 Å². The molecule has 0 saturated carbocycles. The molecule has 7 nitrogen and oxygen atoms in total. The Balaban J connectivity index is 0.000000346. The second-order valence-corrected chi connectivity index (χ2v) is 7.39. The van der Waals surface area contributed by atoms with E-state index in [4.69, 9.17) is 33.6 Å². The molecule has 6 N–H and O–H groups in total. The van der Waals surface area contributed by atoms with Crippen LogP contribution in [0.5, 0.6) is 0 Å². The van der Waals surface area contributed by atoms with Gasteiger partial charge in [0.25, 0.3) is 0 Å². The summed E-state index contributed by atoms with van der Waals surface area (Å²) in [6, 6.07) is 6.61. The van der Waals surface area contributed by atoms with Crippen LogP contribution in [0.15, 0.2) is 35.2 Å². The first-order chi connectivity index (χ1) is 13.9. The number of nitrogens with two attached hydrogens (primary N) is 2. The number of hydrogen-bond acceptors (Lipinski definition) is 6. The zero-order valence-corrected chi connectivity index (χ0v) is 18.2. The Morgan fingerprint density at radius 1 is 1.27 bits per heavy atom. The van der Waals surface area contributed by atoms with E-state index in [2.05, 4.69) is 17.4 Å². The van der Waals surface area contributed by atoms with Crippen molar-refractivity contribution in [3.8, 4) is 0 Å². The van der Waals surface area contributed by atoms with E-state index in [1.54, 1.807) is 32.0 Å². The van der Waals surface area contributed by atoms with Crippen molar-refractivity contribution in [1.82, 2.24) is 0 Å². The van der Waals surface area contributed by atoms with Gasteiger partial charge in [-0.1, -0.05) is 24.6 Å². The average molecular weight is 456 g/mol. The van der Waals surface area contributed by atoms with Crippen molar-refractivity contribution in [2.75, 3.05) is 0 Å². The molecule has 0 spiro atoms. The monoisotopic (exact) mass is 455 g/mol. The Labute approximate surface area is 184 Å². The third-order valence-corrected chi connectivity index (χ3v) is 5.05. The summed E-state index contributed by atoms with van der Waals surface area (Å²) in [4.78, 5) is 21.5. The first kappa shape index (κ1) is 25.4. The number of rotatable bonds is 4. The number of carboxylic acids is 1. The number of thiol groups is 1. The molecule has 0 bridgehead atoms. The van der Waals surface area contributed by atoms with Crippen molar-refractivity contribution in [2.24, 2.45) is 11.5 Å². The van der Waals surface area contributed by atoms with Crippen molar-refractivity contribution in [1.29, 1.82) is 5.41 Å². The number of benzene rings is 2. The lowest BCUT2D eigenvalue weighted by Gasteiger charge is -2.23. The number of aryl methyl sites for hydroxylation is 1. The summed E-state index contributed by atoms with van der Waals surface area (Å²) >= 11 is 9.51. The highest BCUT2D eigenvalue weighted by Gasteiger charge is 2.26. The van der Waals surface area contributed by atoms with Crippen molar-refractivity contribution in [3.63, 3.8) is 0 Å². The fraction of sp³-hybridized carbons (Fsp3) is 0.250. The molecule has 2 unspecified atom stereocenters. The average Bonchev–Trinajstić information content (AvgIpc) is 2.66. The molecule has 0 heterocycles. The van der Waals surface area contributed by atoms with Gasteiger partial charge in [-0.15, -0.1) is 12.6 Å². The molecule has 0 aliphatic carbocycles. The standard InChI is InChI=1S/C13H18FN3O2.C7H5ClO2S/c1-6-4-5-9(14)10(7(6)2)8(3)11(15)12(16)19-13(17)18;8-4-1-2-6(11)5(3-4)7(9)10/h4-5,8,11,16H,15H2,1-3H3,(H2,17,18);1-3,11H,(H,9,10). The highest BCUT2D eigenvalue weighted by Crippen LogP contribution is 2.27. The summed E-state index contributed by atoms with van der Waals surface area (Å²) in [7, 11) is 0. The number of primary amides is 1. The Morgan fingerprint density at radius 3 is 2.37 bits per heavy atom. The summed E-state index contributed by atoms with van der Waals surface area (Å²) < 4.78 is 18.3. The Morgan fingerprint density at radius 2 is 1.87 bits per heavy atom. The summed E-state index contributed by atoms with van der Waals surface area (Å²) in [6.07, 6.45) is -1.10. The Kier molecular flexibility index (Phi) is 9.28. The Hall–Kier alpha value is -2.62. The summed E-state index contributed by atoms with van der Waals surface area (Å²) in [5, 5.41) is 16.5. The van der Waals surface area contributed by atoms with Gasteiger partial charge in [0.05, 0.1) is 11.6 Å². The van der Waals surface area contributed by atoms with E-state index in [-0.39, 0.29) is 5.56 Å². The zero-order valence-electron chi connectivity index (χ0n) is 16.6. The molecule has 0 saturated heterocycles. The van der Waals surface area contributed by atoms with Gasteiger partial charge in [0.15, 0.2) is 0 Å². The molecular formula is C20H23ClFN3O4S. The maximum absolute atomic E-state index is 13.9. The third kappa shape index (κ3) is 6.72. The molecule has 1 amide bonds. The fourth-order valence-electron chi connectivity index (χ4n) is 2.63. The van der Waals surface area contributed by atoms with Crippen LogP contribution in [-0.4, -0.2) is 29.1 Å². The maximum Gasteiger partial charge on any atom is 0.411 e. The summed E-state index contributed by atoms with van der Waals surface area (Å²) in [5.74, 6) is -2.39. The van der Waals surface area contributed by atoms with Gasteiger partial charge in [0.2, 0.25) is 5.90 Å². The number of carbonyl (C=O) groups is 2. The predicted octanol–water partition coefficient (Wildman–Crippen LogP) is 4.27. The lowest BCUT2D eigenvalue weighted by Crippen LogP contribution is -2.39. The predicted molar refractivity (Wildman–Crippen MR) is 116 cm³/mol. The van der Waals surface area contributed by atoms with Gasteiger partial charge in [-0.05, 0) is 54.8 Å². The van der Waals surface area contributed by atoms with Crippen molar-refractivity contribution in [3.05, 3.63) is 63.4 Å². The van der Waals surface area contributed by atoms with Gasteiger partial charge in [-0.2, -0.15) is 0 Å². The number of nitrogens with one attached hydrogen (secondary N) is 1. The number of ether oxygens (including phenoxy) is 1. The highest BCUT2D eigenvalue weighted by molar-refractivity contribution is 7.80. The van der Waals surface area contributed by atoms with Crippen LogP contribution in [0, 0.1) is 25.1 Å². The van der Waals surface area contributed by atoms with Crippen LogP contribution in [0.1, 0.15) is 39.9 Å². The van der Waals surface area contributed by atoms with E-state index in [0.29, 0.717) is 15.5 Å². The Bertz CT molecular complexity index is 971. The minimum atomic E-state index is -1.10. The zero-order chi connectivity index (χ0) is 23.2. The van der Waals surface area contributed by atoms with E-state index in [9.17, 15) is 14.0 Å². The molecular weight excluding hydrogens is 433 g/mol. The first-order valence-corrected chi connectivity index (χ1v) is 9.48. The van der Waals surface area contributed by atoms with Crippen LogP contribution in [0.3, 0.4) is 0 Å². The number of hydrogen-bond donors (Lipinski definition) is 5. The number of halogens is 2. The molecule has 2 aromatic rings. The first-order valence-electron chi connectivity index (χ1n) is 8.65. The highest BCUT2D eigenvalue weighted by atomic mass is 35.5. The quantitative estimate of drug-likeness (QED) is 0.266. The van der Waals surface area contributed by atoms with Crippen molar-refractivity contribution in [2.45, 2.75) is 37.6 Å². The van der Waals surface area contributed by atoms with Crippen LogP contribution in [0.4, 0.5) is 9.18 Å². The van der Waals surface area contributed by atoms with Gasteiger partial charge in [0, 0.05) is 15.8 Å². The normalized spacial score (nSPS) is 12.2. The van der Waals surface area contributed by atoms with Crippen LogP contribution >= 0.6 is 24.2 Å². The molecule has 0 fully saturated rings. The smallest absolute Gasteiger partial charge is 0.411 e. The lowest BCUT2D eigenvalue weighted by molar-refractivity contribution is 0.0693. The summed E-state index contributed by atoms with van der Waals surface area (Å²) in [6.45, 7) is 5.33. The number of amides is 1. The van der Waals surface area contributed by atoms with Gasteiger partial charge >= 0.3 is 12.1 Å². The molecule has 30 heavy (non-hydrogen) atoms. The van der Waals surface area contributed by atoms with Crippen molar-refractivity contribution < 1.29 is 23.8 Å². The van der Waals surface area contributed by atoms with E-state index < -0.39 is 35.7 Å². The van der Waals surface area contributed by atoms with Crippen LogP contribution in [0.25, 0.3) is 0 Å². The largest absolute Gasteiger partial charge is 0.478 e. The minimum absolute atomic E-state index is 0.126. The molecule has 10 heteroatoms. The molecule has 2 rings (SSSR count). The van der Waals surface area contributed by atoms with E-state index in [1.807, 2.05) is 6.92 Å². The SMILES string of the molecule is Cc1ccc(F)c(C(C)C(N)C(=N)OC(N)=O)c1C.O=C(O)c1cc(Cl)ccc1S. The number of aromatic carboxylic acids is 1. The topological polar surface area (TPSA) is 139 Å². The van der Waals surface area contributed by atoms with Gasteiger partial charge in [-0.3, -0.25) is 5.41 Å². The third-order valence-electron chi connectivity index (χ3n) is 4.43. The second kappa shape index (κ2) is 11.0. The van der Waals surface area contributed by atoms with Crippen LogP contribution in [-0.2, 0) is 4.74 Å². The molecule has 0 aliphatic rings. The molecule has 162 valence electrons. The van der Waals surface area contributed by atoms with E-state index in [0.717, 1.165) is 11.1 Å². The molecule has 0 aliphatic heterocycles. The van der Waals surface area contributed by atoms with E-state index in [1.165, 1.54) is 12.1 Å². The number of carbonyl (C=O) groups excluding carboxylic acids is 1. The summed E-state index contributed by atoms with van der Waals surface area (Å²) in [5.41, 5.74) is 12.9. The number of carboxylic acid groups (broad SMARTS) is 1. The van der Waals surface area contributed by atoms with Gasteiger partial charge in [-0.25, -0.2) is 14.0 Å². The van der Waals surface area contributed by atoms with Crippen molar-refractivity contribution >= 4 is 42.2 Å². The molecule has 0 radical (unpaired) electrons. The molecule has 2 aromatic carbocycles. The van der Waals surface area contributed by atoms with Crippen LogP contribution in [0.2, 0.25) is 5.02 Å². The van der Waals surface area contributed by atoms with Gasteiger partial charge in [0.1, 0.15) is 5.82 Å². The van der Waals surface area contributed by atoms with E-state index >= 15 is 0 Å². The van der Waals surface area contributed by atoms with Gasteiger partial charge < -0.3 is 21.3 Å². The minimum Gasteiger partial charge on any atom is -0.478 e. The second-order valence-electron chi connectivity index (χ2n) is 6.47. The lowest BCUT2D eigenvalue weighted by atomic mass is 9.88. The fourth-order valence-corrected chi connectivity index (χ4v) is 3.03. The molecule has 0 aromatic heterocycles. The molecule has 2 atom stereocenters.